The number of aliphatic hydroxyl groups excluding tert-OH is 1. The van der Waals surface area contributed by atoms with Crippen molar-refractivity contribution in [2.75, 3.05) is 5.32 Å². The molecule has 5 nitrogen and oxygen atoms in total. The van der Waals surface area contributed by atoms with E-state index in [-0.39, 0.29) is 11.5 Å². The van der Waals surface area contributed by atoms with Gasteiger partial charge in [0.05, 0.1) is 5.69 Å². The molecule has 1 amide bonds. The van der Waals surface area contributed by atoms with Crippen LogP contribution < -0.4 is 5.32 Å². The summed E-state index contributed by atoms with van der Waals surface area (Å²) >= 11 is 5.87. The molecule has 28 heavy (non-hydrogen) atoms. The van der Waals surface area contributed by atoms with Gasteiger partial charge in [-0.25, -0.2) is 0 Å². The third-order valence-electron chi connectivity index (χ3n) is 3.85. The molecule has 0 bridgehead atoms. The van der Waals surface area contributed by atoms with Crippen LogP contribution in [-0.4, -0.2) is 11.0 Å². The number of halogens is 1. The van der Waals surface area contributed by atoms with Crippen molar-refractivity contribution in [3.63, 3.8) is 0 Å². The maximum Gasteiger partial charge on any atom is 0.280 e. The number of carbonyl (C=O) groups is 1. The average Bonchev–Trinajstić information content (AvgIpc) is 2.70. The maximum atomic E-state index is 12.8. The van der Waals surface area contributed by atoms with Crippen LogP contribution in [0.1, 0.15) is 11.1 Å². The summed E-state index contributed by atoms with van der Waals surface area (Å²) in [6.45, 7) is 1.92. The van der Waals surface area contributed by atoms with Gasteiger partial charge in [-0.1, -0.05) is 54.1 Å². The number of anilines is 1. The predicted molar refractivity (Wildman–Crippen MR) is 112 cm³/mol. The third-order valence-corrected chi connectivity index (χ3v) is 4.11. The zero-order chi connectivity index (χ0) is 19.9. The summed E-state index contributed by atoms with van der Waals surface area (Å²) in [6, 6.07) is 22.7. The van der Waals surface area contributed by atoms with Gasteiger partial charge in [-0.15, -0.1) is 5.11 Å². The summed E-state index contributed by atoms with van der Waals surface area (Å²) in [5, 5.41) is 22.0. The van der Waals surface area contributed by atoms with Crippen molar-refractivity contribution in [2.45, 2.75) is 6.92 Å². The Morgan fingerprint density at radius 1 is 0.964 bits per heavy atom. The molecule has 0 aromatic heterocycles. The Hall–Kier alpha value is -3.44. The van der Waals surface area contributed by atoms with Crippen molar-refractivity contribution in [3.8, 4) is 0 Å². The second-order valence-electron chi connectivity index (χ2n) is 6.06. The number of nitrogens with one attached hydrogen (secondary N) is 1. The first-order valence-corrected chi connectivity index (χ1v) is 8.95. The first-order valence-electron chi connectivity index (χ1n) is 8.57. The Morgan fingerprint density at radius 2 is 1.68 bits per heavy atom. The Balaban J connectivity index is 1.96. The quantitative estimate of drug-likeness (QED) is 0.304. The topological polar surface area (TPSA) is 74.0 Å². The number of benzene rings is 3. The highest BCUT2D eigenvalue weighted by Crippen LogP contribution is 2.22. The Labute approximate surface area is 168 Å². The molecule has 0 fully saturated rings. The predicted octanol–water partition coefficient (Wildman–Crippen LogP) is 6.30. The lowest BCUT2D eigenvalue weighted by atomic mass is 10.1. The lowest BCUT2D eigenvalue weighted by Gasteiger charge is -2.08. The monoisotopic (exact) mass is 391 g/mol. The second-order valence-corrected chi connectivity index (χ2v) is 6.50. The van der Waals surface area contributed by atoms with Gasteiger partial charge in [-0.05, 0) is 48.9 Å². The number of hydrogen-bond acceptors (Lipinski definition) is 4. The van der Waals surface area contributed by atoms with Gasteiger partial charge in [0.25, 0.3) is 5.91 Å². The summed E-state index contributed by atoms with van der Waals surface area (Å²) in [4.78, 5) is 12.8. The van der Waals surface area contributed by atoms with Crippen LogP contribution in [0.3, 0.4) is 0 Å². The van der Waals surface area contributed by atoms with Gasteiger partial charge in [0.15, 0.2) is 11.5 Å². The van der Waals surface area contributed by atoms with Gasteiger partial charge >= 0.3 is 0 Å². The molecule has 0 aliphatic rings. The Morgan fingerprint density at radius 3 is 2.36 bits per heavy atom. The molecule has 0 atom stereocenters. The van der Waals surface area contributed by atoms with E-state index in [4.69, 9.17) is 11.6 Å². The highest BCUT2D eigenvalue weighted by molar-refractivity contribution is 6.30. The zero-order valence-corrected chi connectivity index (χ0v) is 15.9. The molecule has 0 aliphatic carbocycles. The van der Waals surface area contributed by atoms with E-state index in [1.807, 2.05) is 31.2 Å². The summed E-state index contributed by atoms with van der Waals surface area (Å²) in [5.74, 6) is -0.826. The molecule has 0 saturated heterocycles. The number of amides is 1. The van der Waals surface area contributed by atoms with Crippen LogP contribution in [0.4, 0.5) is 11.4 Å². The van der Waals surface area contributed by atoms with E-state index in [0.29, 0.717) is 22.0 Å². The van der Waals surface area contributed by atoms with Crippen molar-refractivity contribution < 1.29 is 9.90 Å². The molecule has 3 aromatic rings. The maximum absolute atomic E-state index is 12.8. The molecule has 6 heteroatoms. The number of hydrogen-bond donors (Lipinski definition) is 2. The molecule has 0 aliphatic heterocycles. The fraction of sp³-hybridized carbons (Fsp3) is 0.0455. The number of rotatable bonds is 5. The molecule has 0 saturated carbocycles. The smallest absolute Gasteiger partial charge is 0.280 e. The zero-order valence-electron chi connectivity index (χ0n) is 15.1. The highest BCUT2D eigenvalue weighted by Gasteiger charge is 2.17. The van der Waals surface area contributed by atoms with Gasteiger partial charge < -0.3 is 10.4 Å². The van der Waals surface area contributed by atoms with E-state index in [1.165, 1.54) is 0 Å². The minimum atomic E-state index is -0.565. The van der Waals surface area contributed by atoms with Crippen molar-refractivity contribution in [1.29, 1.82) is 0 Å². The van der Waals surface area contributed by atoms with Crippen molar-refractivity contribution >= 4 is 34.6 Å². The number of carbonyl (C=O) groups excluding carboxylic acids is 1. The molecule has 0 heterocycles. The summed E-state index contributed by atoms with van der Waals surface area (Å²) in [5.41, 5.74) is 2.38. The van der Waals surface area contributed by atoms with Gasteiger partial charge in [0, 0.05) is 16.3 Å². The highest BCUT2D eigenvalue weighted by atomic mass is 35.5. The van der Waals surface area contributed by atoms with Crippen LogP contribution in [0.2, 0.25) is 5.02 Å². The molecule has 3 rings (SSSR count). The minimum absolute atomic E-state index is 0.192. The summed E-state index contributed by atoms with van der Waals surface area (Å²) in [6.07, 6.45) is 0. The largest absolute Gasteiger partial charge is 0.505 e. The number of aryl methyl sites for hydroxylation is 1. The van der Waals surface area contributed by atoms with E-state index in [9.17, 15) is 9.90 Å². The number of azo groups is 1. The van der Waals surface area contributed by atoms with Gasteiger partial charge in [0.1, 0.15) is 0 Å². The van der Waals surface area contributed by atoms with Crippen LogP contribution in [0.5, 0.6) is 0 Å². The number of nitrogens with zero attached hydrogens (tertiary/aromatic N) is 2. The van der Waals surface area contributed by atoms with Crippen LogP contribution in [0, 0.1) is 6.92 Å². The van der Waals surface area contributed by atoms with E-state index in [0.717, 1.165) is 5.56 Å². The van der Waals surface area contributed by atoms with Gasteiger partial charge in [-0.2, -0.15) is 5.11 Å². The minimum Gasteiger partial charge on any atom is -0.505 e. The van der Waals surface area contributed by atoms with Crippen LogP contribution in [-0.2, 0) is 4.79 Å². The molecule has 0 unspecified atom stereocenters. The van der Waals surface area contributed by atoms with Crippen molar-refractivity contribution in [1.82, 2.24) is 0 Å². The SMILES string of the molecule is Cc1cccc(NC(=O)/C(N=Nc2ccc(Cl)cc2)=C(/O)c2ccccc2)c1. The normalized spacial score (nSPS) is 11.9. The van der Waals surface area contributed by atoms with Crippen molar-refractivity contribution in [3.05, 3.63) is 101 Å². The number of aliphatic hydroxyl groups is 1. The molecular formula is C22H18ClN3O2. The molecule has 3 aromatic carbocycles. The first-order chi connectivity index (χ1) is 13.5. The molecule has 0 spiro atoms. The Bertz CT molecular complexity index is 1030. The van der Waals surface area contributed by atoms with Crippen LogP contribution >= 0.6 is 11.6 Å². The van der Waals surface area contributed by atoms with Crippen LogP contribution in [0.25, 0.3) is 5.76 Å². The van der Waals surface area contributed by atoms with E-state index < -0.39 is 5.91 Å². The average molecular weight is 392 g/mol. The second kappa shape index (κ2) is 8.97. The lowest BCUT2D eigenvalue weighted by molar-refractivity contribution is -0.112. The van der Waals surface area contributed by atoms with Crippen molar-refractivity contribution in [2.24, 2.45) is 10.2 Å². The third kappa shape index (κ3) is 5.05. The summed E-state index contributed by atoms with van der Waals surface area (Å²) in [7, 11) is 0. The molecule has 140 valence electrons. The van der Waals surface area contributed by atoms with Gasteiger partial charge in [-0.3, -0.25) is 4.79 Å². The fourth-order valence-electron chi connectivity index (χ4n) is 2.46. The van der Waals surface area contributed by atoms with E-state index in [2.05, 4.69) is 15.5 Å². The van der Waals surface area contributed by atoms with Gasteiger partial charge in [0.2, 0.25) is 0 Å². The Kier molecular flexibility index (Phi) is 6.19. The van der Waals surface area contributed by atoms with Crippen LogP contribution in [0.15, 0.2) is 94.8 Å². The molecule has 2 N–H and O–H groups in total. The first kappa shape index (κ1) is 19.3. The lowest BCUT2D eigenvalue weighted by Crippen LogP contribution is -2.15. The van der Waals surface area contributed by atoms with E-state index >= 15 is 0 Å². The summed E-state index contributed by atoms with van der Waals surface area (Å²) < 4.78 is 0. The molecule has 0 radical (unpaired) electrons. The fourth-order valence-corrected chi connectivity index (χ4v) is 2.59. The molecular weight excluding hydrogens is 374 g/mol. The standard InChI is InChI=1S/C22H18ClN3O2/c1-15-6-5-9-19(14-15)24-22(28)20(21(27)16-7-3-2-4-8-16)26-25-18-12-10-17(23)11-13-18/h2-14,27H,1H3,(H,24,28)/b21-20-,26-25?. The van der Waals surface area contributed by atoms with E-state index in [1.54, 1.807) is 54.6 Å².